The number of carbonyl (C=O) groups excluding carboxylic acids is 1. The first-order valence-electron chi connectivity index (χ1n) is 12.6. The summed E-state index contributed by atoms with van der Waals surface area (Å²) < 4.78 is 28.8. The zero-order chi connectivity index (χ0) is 27.0. The van der Waals surface area contributed by atoms with Gasteiger partial charge in [-0.3, -0.25) is 4.79 Å². The Balaban J connectivity index is 1.67. The molecular formula is C30H34N4O3S. The molecule has 1 amide bonds. The van der Waals surface area contributed by atoms with Gasteiger partial charge in [-0.2, -0.15) is 0 Å². The molecule has 0 bridgehead atoms. The van der Waals surface area contributed by atoms with Gasteiger partial charge < -0.3 is 14.4 Å². The van der Waals surface area contributed by atoms with E-state index in [1.165, 1.54) is 0 Å². The second-order valence-corrected chi connectivity index (χ2v) is 11.5. The Hall–Kier alpha value is -3.75. The summed E-state index contributed by atoms with van der Waals surface area (Å²) in [4.78, 5) is 21.6. The Morgan fingerprint density at radius 2 is 1.34 bits per heavy atom. The summed E-state index contributed by atoms with van der Waals surface area (Å²) >= 11 is 0. The van der Waals surface area contributed by atoms with Gasteiger partial charge in [-0.15, -0.1) is 0 Å². The van der Waals surface area contributed by atoms with E-state index in [1.807, 2.05) is 97.9 Å². The smallest absolute Gasteiger partial charge is 0.228 e. The predicted octanol–water partition coefficient (Wildman–Crippen LogP) is 4.04. The normalized spacial score (nSPS) is 11.6. The average Bonchev–Trinajstić information content (AvgIpc) is 3.30. The number of nitrogens with zero attached hydrogens (tertiary/aromatic N) is 4. The van der Waals surface area contributed by atoms with Gasteiger partial charge in [-0.25, -0.2) is 13.4 Å². The van der Waals surface area contributed by atoms with Gasteiger partial charge in [0.25, 0.3) is 0 Å². The van der Waals surface area contributed by atoms with Crippen molar-refractivity contribution in [2.75, 3.05) is 27.2 Å². The van der Waals surface area contributed by atoms with Crippen LogP contribution in [0.15, 0.2) is 102 Å². The van der Waals surface area contributed by atoms with E-state index in [9.17, 15) is 13.2 Å². The molecule has 0 radical (unpaired) electrons. The third kappa shape index (κ3) is 7.40. The summed E-state index contributed by atoms with van der Waals surface area (Å²) in [6.07, 6.45) is 1.87. The summed E-state index contributed by atoms with van der Waals surface area (Å²) in [6, 6.07) is 28.5. The quantitative estimate of drug-likeness (QED) is 0.276. The van der Waals surface area contributed by atoms with Gasteiger partial charge in [-0.1, -0.05) is 91.0 Å². The number of sulfone groups is 1. The van der Waals surface area contributed by atoms with Crippen LogP contribution in [0.2, 0.25) is 0 Å². The standard InChI is InChI=1S/C30H34N4O3S/c1-32(2)18-19-33(29(35)20-25-12-6-3-7-13-25)23-28-21-31-30(34(28)22-26-14-8-4-9-15-26)38(36,37)24-27-16-10-5-11-17-27/h3-17,21H,18-20,22-24H2,1-2H3. The second kappa shape index (κ2) is 12.7. The number of imidazole rings is 1. The Bertz CT molecular complexity index is 1420. The number of amides is 1. The lowest BCUT2D eigenvalue weighted by Gasteiger charge is -2.25. The lowest BCUT2D eigenvalue weighted by molar-refractivity contribution is -0.131. The molecule has 4 aromatic rings. The van der Waals surface area contributed by atoms with Gasteiger partial charge >= 0.3 is 0 Å². The van der Waals surface area contributed by atoms with Crippen LogP contribution < -0.4 is 0 Å². The van der Waals surface area contributed by atoms with Crippen LogP contribution in [0.1, 0.15) is 22.4 Å². The molecule has 0 saturated carbocycles. The molecule has 1 heterocycles. The minimum Gasteiger partial charge on any atom is -0.335 e. The summed E-state index contributed by atoms with van der Waals surface area (Å²) in [7, 11) is 0.199. The molecule has 0 atom stereocenters. The highest BCUT2D eigenvalue weighted by molar-refractivity contribution is 7.90. The van der Waals surface area contributed by atoms with Gasteiger partial charge in [-0.05, 0) is 30.8 Å². The number of aromatic nitrogens is 2. The molecule has 198 valence electrons. The lowest BCUT2D eigenvalue weighted by Crippen LogP contribution is -2.37. The lowest BCUT2D eigenvalue weighted by atomic mass is 10.1. The van der Waals surface area contributed by atoms with E-state index < -0.39 is 9.84 Å². The van der Waals surface area contributed by atoms with Crippen LogP contribution in [0.4, 0.5) is 0 Å². The Morgan fingerprint density at radius 1 is 0.789 bits per heavy atom. The van der Waals surface area contributed by atoms with Crippen LogP contribution in [0.5, 0.6) is 0 Å². The summed E-state index contributed by atoms with van der Waals surface area (Å²) in [6.45, 7) is 1.81. The highest BCUT2D eigenvalue weighted by Gasteiger charge is 2.26. The fourth-order valence-electron chi connectivity index (χ4n) is 4.25. The van der Waals surface area contributed by atoms with Gasteiger partial charge in [0.05, 0.1) is 37.2 Å². The van der Waals surface area contributed by atoms with Crippen molar-refractivity contribution in [2.24, 2.45) is 0 Å². The number of likely N-dealkylation sites (N-methyl/N-ethyl adjacent to an activating group) is 1. The molecule has 0 aliphatic carbocycles. The first kappa shape index (κ1) is 27.3. The molecule has 38 heavy (non-hydrogen) atoms. The van der Waals surface area contributed by atoms with Gasteiger partial charge in [0.2, 0.25) is 20.9 Å². The third-order valence-electron chi connectivity index (χ3n) is 6.28. The first-order valence-corrected chi connectivity index (χ1v) is 14.3. The average molecular weight is 531 g/mol. The van der Waals surface area contributed by atoms with E-state index >= 15 is 0 Å². The topological polar surface area (TPSA) is 75.5 Å². The minimum absolute atomic E-state index is 0.0146. The number of hydrogen-bond acceptors (Lipinski definition) is 5. The molecular weight excluding hydrogens is 496 g/mol. The molecule has 0 aliphatic heterocycles. The molecule has 0 spiro atoms. The number of rotatable bonds is 12. The number of carbonyl (C=O) groups is 1. The monoisotopic (exact) mass is 530 g/mol. The van der Waals surface area contributed by atoms with Crippen LogP contribution in [-0.4, -0.2) is 60.9 Å². The Morgan fingerprint density at radius 3 is 1.92 bits per heavy atom. The summed E-state index contributed by atoms with van der Waals surface area (Å²) in [5.74, 6) is -0.157. The molecule has 7 nitrogen and oxygen atoms in total. The van der Waals surface area contributed by atoms with Crippen molar-refractivity contribution in [2.45, 2.75) is 30.4 Å². The van der Waals surface area contributed by atoms with Crippen molar-refractivity contribution in [1.82, 2.24) is 19.4 Å². The van der Waals surface area contributed by atoms with Crippen LogP contribution >= 0.6 is 0 Å². The van der Waals surface area contributed by atoms with E-state index in [0.717, 1.165) is 11.1 Å². The maximum absolute atomic E-state index is 13.5. The zero-order valence-electron chi connectivity index (χ0n) is 21.9. The molecule has 0 unspecified atom stereocenters. The largest absolute Gasteiger partial charge is 0.335 e. The van der Waals surface area contributed by atoms with E-state index in [4.69, 9.17) is 0 Å². The van der Waals surface area contributed by atoms with Gasteiger partial charge in [0, 0.05) is 13.1 Å². The van der Waals surface area contributed by atoms with E-state index in [0.29, 0.717) is 30.9 Å². The first-order chi connectivity index (χ1) is 18.3. The fourth-order valence-corrected chi connectivity index (χ4v) is 5.74. The van der Waals surface area contributed by atoms with Crippen LogP contribution in [0, 0.1) is 0 Å². The summed E-state index contributed by atoms with van der Waals surface area (Å²) in [5.41, 5.74) is 3.28. The molecule has 0 N–H and O–H groups in total. The van der Waals surface area contributed by atoms with Crippen LogP contribution in [0.25, 0.3) is 0 Å². The molecule has 0 saturated heterocycles. The highest BCUT2D eigenvalue weighted by Crippen LogP contribution is 2.21. The van der Waals surface area contributed by atoms with Crippen molar-refractivity contribution in [3.05, 3.63) is 120 Å². The van der Waals surface area contributed by atoms with E-state index in [-0.39, 0.29) is 29.8 Å². The molecule has 1 aromatic heterocycles. The van der Waals surface area contributed by atoms with Crippen LogP contribution in [-0.2, 0) is 39.9 Å². The van der Waals surface area contributed by atoms with Crippen molar-refractivity contribution < 1.29 is 13.2 Å². The maximum atomic E-state index is 13.5. The van der Waals surface area contributed by atoms with Crippen LogP contribution in [0.3, 0.4) is 0 Å². The van der Waals surface area contributed by atoms with E-state index in [1.54, 1.807) is 27.8 Å². The Labute approximate surface area is 225 Å². The molecule has 3 aromatic carbocycles. The summed E-state index contributed by atoms with van der Waals surface area (Å²) in [5, 5.41) is 0.0169. The van der Waals surface area contributed by atoms with Gasteiger partial charge in [0.1, 0.15) is 0 Å². The fraction of sp³-hybridized carbons (Fsp3) is 0.267. The maximum Gasteiger partial charge on any atom is 0.228 e. The van der Waals surface area contributed by atoms with Crippen molar-refractivity contribution in [3.63, 3.8) is 0 Å². The van der Waals surface area contributed by atoms with Crippen molar-refractivity contribution in [3.8, 4) is 0 Å². The minimum atomic E-state index is -3.73. The highest BCUT2D eigenvalue weighted by atomic mass is 32.2. The van der Waals surface area contributed by atoms with Crippen molar-refractivity contribution in [1.29, 1.82) is 0 Å². The SMILES string of the molecule is CN(C)CCN(Cc1cnc(S(=O)(=O)Cc2ccccc2)n1Cc1ccccc1)C(=O)Cc1ccccc1. The molecule has 0 aliphatic rings. The Kier molecular flexibility index (Phi) is 9.10. The second-order valence-electron chi connectivity index (χ2n) is 9.63. The number of benzene rings is 3. The van der Waals surface area contributed by atoms with Gasteiger partial charge in [0.15, 0.2) is 0 Å². The third-order valence-corrected chi connectivity index (χ3v) is 7.88. The zero-order valence-corrected chi connectivity index (χ0v) is 22.7. The predicted molar refractivity (Wildman–Crippen MR) is 149 cm³/mol. The molecule has 8 heteroatoms. The number of hydrogen-bond donors (Lipinski definition) is 0. The molecule has 4 rings (SSSR count). The van der Waals surface area contributed by atoms with Crippen molar-refractivity contribution >= 4 is 15.7 Å². The van der Waals surface area contributed by atoms with E-state index in [2.05, 4.69) is 4.98 Å². The molecule has 0 fully saturated rings.